The Balaban J connectivity index is 2.11. The second kappa shape index (κ2) is 35.0. The number of unbranched alkanes of at least 4 members (excludes halogenated alkanes) is 20. The minimum Gasteiger partial charge on any atom is -0.369 e. The largest absolute Gasteiger partial charge is 0.369 e. The number of anilines is 2. The van der Waals surface area contributed by atoms with Crippen LogP contribution >= 0.6 is 0 Å². The molecule has 0 aromatic heterocycles. The van der Waals surface area contributed by atoms with Gasteiger partial charge < -0.3 is 4.74 Å². The summed E-state index contributed by atoms with van der Waals surface area (Å²) in [6.07, 6.45) is 30.3. The smallest absolute Gasteiger partial charge is 0.108 e. The van der Waals surface area contributed by atoms with Gasteiger partial charge in [0.2, 0.25) is 0 Å². The molecule has 0 N–H and O–H groups in total. The van der Waals surface area contributed by atoms with E-state index >= 15 is 0 Å². The number of benzene rings is 2. The van der Waals surface area contributed by atoms with Gasteiger partial charge in [-0.25, -0.2) is 19.4 Å². The summed E-state index contributed by atoms with van der Waals surface area (Å²) in [7, 11) is 0. The average Bonchev–Trinajstić information content (AvgIpc) is 3.21. The minimum atomic E-state index is -0.189. The summed E-state index contributed by atoms with van der Waals surface area (Å²) in [4.78, 5) is 24.9. The van der Waals surface area contributed by atoms with Gasteiger partial charge in [0, 0.05) is 6.61 Å². The molecule has 316 valence electrons. The molecule has 0 bridgehead atoms. The molecule has 0 fully saturated rings. The van der Waals surface area contributed by atoms with Crippen LogP contribution in [0.4, 0.5) is 11.4 Å². The lowest BCUT2D eigenvalue weighted by atomic mass is 10.0. The fraction of sp³-hybridized carbons (Fsp3) is 0.750. The van der Waals surface area contributed by atoms with E-state index in [4.69, 9.17) is 24.1 Å². The molecule has 0 atom stereocenters. The third-order valence-corrected chi connectivity index (χ3v) is 10.1. The molecule has 55 heavy (non-hydrogen) atoms. The molecule has 0 unspecified atom stereocenters. The van der Waals surface area contributed by atoms with Crippen LogP contribution < -0.4 is 10.5 Å². The number of hydrogen-bond acceptors (Lipinski definition) is 7. The maximum absolute atomic E-state index is 6.49. The number of hydrogen-bond donors (Lipinski definition) is 0. The van der Waals surface area contributed by atoms with Gasteiger partial charge in [0.05, 0.1) is 37.8 Å². The van der Waals surface area contributed by atoms with Crippen LogP contribution in [0.25, 0.3) is 0 Å². The van der Waals surface area contributed by atoms with Gasteiger partial charge >= 0.3 is 0 Å². The Morgan fingerprint density at radius 2 is 0.600 bits per heavy atom. The van der Waals surface area contributed by atoms with Crippen LogP contribution in [-0.4, -0.2) is 33.0 Å². The summed E-state index contributed by atoms with van der Waals surface area (Å²) in [5.41, 5.74) is 4.02. The summed E-state index contributed by atoms with van der Waals surface area (Å²) in [6, 6.07) is 17.0. The van der Waals surface area contributed by atoms with E-state index in [0.717, 1.165) is 54.6 Å². The lowest BCUT2D eigenvalue weighted by Crippen LogP contribution is -2.25. The molecule has 0 aliphatic rings. The monoisotopic (exact) mass is 769 g/mol. The molecule has 0 aliphatic heterocycles. The summed E-state index contributed by atoms with van der Waals surface area (Å²) in [5.74, 6) is 0. The molecule has 7 nitrogen and oxygen atoms in total. The van der Waals surface area contributed by atoms with Crippen LogP contribution in [0.3, 0.4) is 0 Å². The summed E-state index contributed by atoms with van der Waals surface area (Å²) >= 11 is 0. The van der Waals surface area contributed by atoms with Crippen molar-refractivity contribution >= 4 is 11.4 Å². The zero-order valence-corrected chi connectivity index (χ0v) is 36.3. The van der Waals surface area contributed by atoms with Crippen molar-refractivity contribution in [3.63, 3.8) is 0 Å². The Kier molecular flexibility index (Phi) is 31.2. The van der Waals surface area contributed by atoms with Crippen molar-refractivity contribution in [2.75, 3.05) is 43.5 Å². The van der Waals surface area contributed by atoms with Crippen LogP contribution in [0.2, 0.25) is 0 Å². The van der Waals surface area contributed by atoms with E-state index in [1.807, 2.05) is 0 Å². The highest BCUT2D eigenvalue weighted by Crippen LogP contribution is 2.30. The highest BCUT2D eigenvalue weighted by molar-refractivity contribution is 5.48. The Labute approximate surface area is 339 Å². The van der Waals surface area contributed by atoms with Crippen molar-refractivity contribution in [1.82, 2.24) is 0 Å². The van der Waals surface area contributed by atoms with Gasteiger partial charge in [0.15, 0.2) is 0 Å². The summed E-state index contributed by atoms with van der Waals surface area (Å²) in [5, 5.41) is 3.31. The maximum Gasteiger partial charge on any atom is 0.108 e. The summed E-state index contributed by atoms with van der Waals surface area (Å²) < 4.78 is 6.49. The van der Waals surface area contributed by atoms with Crippen LogP contribution in [0, 0.1) is 0 Å². The Bertz CT molecular complexity index is 979. The average molecular weight is 769 g/mol. The first-order chi connectivity index (χ1) is 27.2. The Morgan fingerprint density at radius 3 is 0.873 bits per heavy atom. The highest BCUT2D eigenvalue weighted by Gasteiger charge is 2.18. The molecule has 0 saturated carbocycles. The predicted molar refractivity (Wildman–Crippen MR) is 233 cm³/mol. The van der Waals surface area contributed by atoms with E-state index in [-0.39, 0.29) is 6.10 Å². The minimum absolute atomic E-state index is 0.189. The molecular weight excluding hydrogens is 685 g/mol. The molecule has 2 aromatic carbocycles. The van der Waals surface area contributed by atoms with Gasteiger partial charge in [-0.1, -0.05) is 187 Å². The van der Waals surface area contributed by atoms with Gasteiger partial charge in [0.25, 0.3) is 0 Å². The zero-order chi connectivity index (χ0) is 39.4. The lowest BCUT2D eigenvalue weighted by Gasteiger charge is -2.25. The van der Waals surface area contributed by atoms with E-state index < -0.39 is 0 Å². The SMILES string of the molecule is CCCCCCCCON(OCCCCCCCC)c1ccc(C(OCCC)c2ccc(N(OCCCCCCCC)OCCCCCCCC)cc2)cc1. The fourth-order valence-corrected chi connectivity index (χ4v) is 6.65. The first-order valence-electron chi connectivity index (χ1n) is 23.1. The third-order valence-electron chi connectivity index (χ3n) is 10.1. The lowest BCUT2D eigenvalue weighted by molar-refractivity contribution is -0.0916. The molecule has 0 amide bonds. The van der Waals surface area contributed by atoms with Gasteiger partial charge in [-0.3, -0.25) is 0 Å². The third kappa shape index (κ3) is 23.6. The van der Waals surface area contributed by atoms with E-state index in [1.165, 1.54) is 128 Å². The Hall–Kier alpha value is -2.16. The highest BCUT2D eigenvalue weighted by atomic mass is 17.0. The van der Waals surface area contributed by atoms with Crippen LogP contribution in [0.15, 0.2) is 48.5 Å². The first kappa shape index (κ1) is 49.0. The van der Waals surface area contributed by atoms with Gasteiger partial charge in [0.1, 0.15) is 6.10 Å². The van der Waals surface area contributed by atoms with Crippen molar-refractivity contribution in [3.05, 3.63) is 59.7 Å². The number of ether oxygens (including phenoxy) is 1. The predicted octanol–water partition coefficient (Wildman–Crippen LogP) is 15.0. The van der Waals surface area contributed by atoms with Crippen LogP contribution in [0.1, 0.15) is 212 Å². The molecule has 0 spiro atoms. The standard InChI is InChI=1S/C48H84N2O5/c1-6-11-15-19-23-27-40-52-49(53-41-28-24-20-16-12-7-2)46-35-31-44(32-36-46)48(51-39-10-5)45-33-37-47(38-34-45)50(54-42-29-25-21-17-13-8-3)55-43-30-26-22-18-14-9-4/h31-38,48H,6-30,39-43H2,1-5H3. The zero-order valence-electron chi connectivity index (χ0n) is 36.3. The molecule has 0 heterocycles. The molecule has 2 rings (SSSR count). The van der Waals surface area contributed by atoms with E-state index in [0.29, 0.717) is 33.0 Å². The van der Waals surface area contributed by atoms with Crippen LogP contribution in [0.5, 0.6) is 0 Å². The summed E-state index contributed by atoms with van der Waals surface area (Å²) in [6.45, 7) is 14.5. The van der Waals surface area contributed by atoms with Crippen LogP contribution in [-0.2, 0) is 24.1 Å². The topological polar surface area (TPSA) is 52.6 Å². The van der Waals surface area contributed by atoms with Crippen molar-refractivity contribution in [2.24, 2.45) is 0 Å². The quantitative estimate of drug-likeness (QED) is 0.0496. The Morgan fingerprint density at radius 1 is 0.327 bits per heavy atom. The van der Waals surface area contributed by atoms with Crippen molar-refractivity contribution < 1.29 is 24.1 Å². The first-order valence-corrected chi connectivity index (χ1v) is 23.1. The molecule has 0 aliphatic carbocycles. The van der Waals surface area contributed by atoms with Gasteiger partial charge in [-0.15, -0.1) is 10.5 Å². The number of rotatable bonds is 39. The normalized spacial score (nSPS) is 11.5. The van der Waals surface area contributed by atoms with E-state index in [2.05, 4.69) is 83.1 Å². The van der Waals surface area contributed by atoms with Crippen molar-refractivity contribution in [2.45, 2.75) is 201 Å². The number of nitrogens with zero attached hydrogens (tertiary/aromatic N) is 2. The van der Waals surface area contributed by atoms with Crippen molar-refractivity contribution in [1.29, 1.82) is 0 Å². The molecule has 0 saturated heterocycles. The van der Waals surface area contributed by atoms with E-state index in [9.17, 15) is 0 Å². The van der Waals surface area contributed by atoms with Gasteiger partial charge in [-0.2, -0.15) is 0 Å². The van der Waals surface area contributed by atoms with Gasteiger partial charge in [-0.05, 0) is 67.5 Å². The molecule has 2 aromatic rings. The van der Waals surface area contributed by atoms with Crippen molar-refractivity contribution in [3.8, 4) is 0 Å². The molecule has 7 heteroatoms. The second-order valence-electron chi connectivity index (χ2n) is 15.4. The molecular formula is C48H84N2O5. The molecule has 0 radical (unpaired) electrons. The maximum atomic E-state index is 6.49. The second-order valence-corrected chi connectivity index (χ2v) is 15.4. The van der Waals surface area contributed by atoms with E-state index in [1.54, 1.807) is 10.5 Å². The fourth-order valence-electron chi connectivity index (χ4n) is 6.65.